The average molecular weight is 349 g/mol. The summed E-state index contributed by atoms with van der Waals surface area (Å²) < 4.78 is 42.1. The molecule has 2 nitrogen and oxygen atoms in total. The Bertz CT molecular complexity index is 387. The lowest BCUT2D eigenvalue weighted by molar-refractivity contribution is -0.136. The van der Waals surface area contributed by atoms with Crippen LogP contribution in [-0.2, 0) is 0 Å². The second-order valence-electron chi connectivity index (χ2n) is 3.65. The fraction of sp³-hybridized carbons (Fsp3) is 0.455. The summed E-state index contributed by atoms with van der Waals surface area (Å²) in [6.45, 7) is 0. The molecule has 7 heteroatoms. The Morgan fingerprint density at radius 3 is 2.50 bits per heavy atom. The quantitative estimate of drug-likeness (QED) is 0.884. The standard InChI is InChI=1S/C11H13BrF3NO.ClH/c1-17-10-6-7(12)2-3-8(10)9(16)4-5-11(13,14)15;/h2-3,6,9H,4-5,16H2,1H3;1H/t9-;/m1./s1. The first kappa shape index (κ1) is 17.5. The molecule has 0 aliphatic rings. The summed E-state index contributed by atoms with van der Waals surface area (Å²) in [5.74, 6) is 0.494. The lowest BCUT2D eigenvalue weighted by Crippen LogP contribution is -2.16. The highest BCUT2D eigenvalue weighted by Gasteiger charge is 2.28. The van der Waals surface area contributed by atoms with Gasteiger partial charge in [-0.1, -0.05) is 22.0 Å². The van der Waals surface area contributed by atoms with E-state index < -0.39 is 18.6 Å². The normalized spacial score (nSPS) is 12.8. The lowest BCUT2D eigenvalue weighted by Gasteiger charge is -2.16. The largest absolute Gasteiger partial charge is 0.496 e. The third-order valence-electron chi connectivity index (χ3n) is 2.33. The third kappa shape index (κ3) is 5.46. The minimum Gasteiger partial charge on any atom is -0.496 e. The monoisotopic (exact) mass is 347 g/mol. The first-order valence-corrected chi connectivity index (χ1v) is 5.78. The van der Waals surface area contributed by atoms with E-state index in [4.69, 9.17) is 10.5 Å². The Labute approximate surface area is 118 Å². The van der Waals surface area contributed by atoms with E-state index in [2.05, 4.69) is 15.9 Å². The number of alkyl halides is 3. The van der Waals surface area contributed by atoms with Gasteiger partial charge in [-0.15, -0.1) is 12.4 Å². The van der Waals surface area contributed by atoms with Gasteiger partial charge in [0.1, 0.15) is 5.75 Å². The molecule has 0 saturated carbocycles. The molecule has 0 saturated heterocycles. The van der Waals surface area contributed by atoms with Crippen LogP contribution >= 0.6 is 28.3 Å². The predicted molar refractivity (Wildman–Crippen MR) is 70.2 cm³/mol. The second-order valence-corrected chi connectivity index (χ2v) is 4.56. The van der Waals surface area contributed by atoms with Gasteiger partial charge in [-0.3, -0.25) is 0 Å². The number of benzene rings is 1. The molecule has 0 heterocycles. The van der Waals surface area contributed by atoms with Gasteiger partial charge in [0.25, 0.3) is 0 Å². The minimum atomic E-state index is -4.18. The SMILES string of the molecule is COc1cc(Br)ccc1[C@H](N)CCC(F)(F)F.Cl. The topological polar surface area (TPSA) is 35.2 Å². The van der Waals surface area contributed by atoms with Gasteiger partial charge in [-0.25, -0.2) is 0 Å². The van der Waals surface area contributed by atoms with Crippen molar-refractivity contribution >= 4 is 28.3 Å². The van der Waals surface area contributed by atoms with Gasteiger partial charge in [-0.05, 0) is 18.6 Å². The van der Waals surface area contributed by atoms with E-state index in [0.717, 1.165) is 4.47 Å². The van der Waals surface area contributed by atoms with Gasteiger partial charge in [0, 0.05) is 22.5 Å². The van der Waals surface area contributed by atoms with E-state index >= 15 is 0 Å². The summed E-state index contributed by atoms with van der Waals surface area (Å²) in [6.07, 6.45) is -5.23. The molecule has 0 unspecified atom stereocenters. The Kier molecular flexibility index (Phi) is 7.02. The van der Waals surface area contributed by atoms with Crippen LogP contribution in [0.2, 0.25) is 0 Å². The molecule has 0 bridgehead atoms. The molecule has 0 spiro atoms. The number of methoxy groups -OCH3 is 1. The third-order valence-corrected chi connectivity index (χ3v) is 2.83. The van der Waals surface area contributed by atoms with Crippen molar-refractivity contribution in [2.24, 2.45) is 5.73 Å². The smallest absolute Gasteiger partial charge is 0.389 e. The maximum absolute atomic E-state index is 12.1. The van der Waals surface area contributed by atoms with Crippen molar-refractivity contribution in [3.05, 3.63) is 28.2 Å². The predicted octanol–water partition coefficient (Wildman–Crippen LogP) is 4.22. The molecule has 18 heavy (non-hydrogen) atoms. The molecule has 1 rings (SSSR count). The Morgan fingerprint density at radius 1 is 1.39 bits per heavy atom. The van der Waals surface area contributed by atoms with Gasteiger partial charge in [0.15, 0.2) is 0 Å². The molecule has 0 amide bonds. The van der Waals surface area contributed by atoms with E-state index in [-0.39, 0.29) is 18.8 Å². The molecule has 1 aromatic carbocycles. The molecule has 0 aromatic heterocycles. The molecule has 0 aliphatic carbocycles. The fourth-order valence-corrected chi connectivity index (χ4v) is 1.81. The lowest BCUT2D eigenvalue weighted by atomic mass is 10.0. The molecular weight excluding hydrogens is 334 g/mol. The molecule has 0 radical (unpaired) electrons. The molecule has 104 valence electrons. The van der Waals surface area contributed by atoms with Crippen molar-refractivity contribution < 1.29 is 17.9 Å². The highest BCUT2D eigenvalue weighted by molar-refractivity contribution is 9.10. The number of hydrogen-bond donors (Lipinski definition) is 1. The van der Waals surface area contributed by atoms with Gasteiger partial charge in [-0.2, -0.15) is 13.2 Å². The number of rotatable bonds is 4. The van der Waals surface area contributed by atoms with E-state index in [1.165, 1.54) is 7.11 Å². The fourth-order valence-electron chi connectivity index (χ4n) is 1.47. The zero-order valence-corrected chi connectivity index (χ0v) is 12.0. The highest BCUT2D eigenvalue weighted by atomic mass is 79.9. The summed E-state index contributed by atoms with van der Waals surface area (Å²) in [6, 6.07) is 4.40. The molecule has 0 fully saturated rings. The van der Waals surface area contributed by atoms with Crippen molar-refractivity contribution in [2.75, 3.05) is 7.11 Å². The van der Waals surface area contributed by atoms with Crippen LogP contribution in [0.5, 0.6) is 5.75 Å². The summed E-state index contributed by atoms with van der Waals surface area (Å²) in [7, 11) is 1.46. The molecule has 1 atom stereocenters. The van der Waals surface area contributed by atoms with Gasteiger partial charge in [0.05, 0.1) is 7.11 Å². The van der Waals surface area contributed by atoms with Crippen LogP contribution in [0.15, 0.2) is 22.7 Å². The van der Waals surface area contributed by atoms with Crippen LogP contribution in [-0.4, -0.2) is 13.3 Å². The van der Waals surface area contributed by atoms with E-state index in [1.807, 2.05) is 0 Å². The minimum absolute atomic E-state index is 0. The van der Waals surface area contributed by atoms with Crippen molar-refractivity contribution in [3.63, 3.8) is 0 Å². The summed E-state index contributed by atoms with van der Waals surface area (Å²) >= 11 is 3.26. The van der Waals surface area contributed by atoms with Crippen molar-refractivity contribution in [1.82, 2.24) is 0 Å². The van der Waals surface area contributed by atoms with E-state index in [1.54, 1.807) is 18.2 Å². The van der Waals surface area contributed by atoms with Crippen molar-refractivity contribution in [3.8, 4) is 5.75 Å². The van der Waals surface area contributed by atoms with Crippen molar-refractivity contribution in [2.45, 2.75) is 25.1 Å². The molecule has 2 N–H and O–H groups in total. The number of ether oxygens (including phenoxy) is 1. The Hall–Kier alpha value is -0.460. The summed E-state index contributed by atoms with van der Waals surface area (Å²) in [4.78, 5) is 0. The maximum Gasteiger partial charge on any atom is 0.389 e. The van der Waals surface area contributed by atoms with Crippen LogP contribution < -0.4 is 10.5 Å². The molecule has 1 aromatic rings. The summed E-state index contributed by atoms with van der Waals surface area (Å²) in [5.41, 5.74) is 6.32. The van der Waals surface area contributed by atoms with Gasteiger partial charge < -0.3 is 10.5 Å². The Morgan fingerprint density at radius 2 is 2.00 bits per heavy atom. The van der Waals surface area contributed by atoms with Gasteiger partial charge in [0.2, 0.25) is 0 Å². The van der Waals surface area contributed by atoms with E-state index in [9.17, 15) is 13.2 Å². The summed E-state index contributed by atoms with van der Waals surface area (Å²) in [5, 5.41) is 0. The van der Waals surface area contributed by atoms with Crippen LogP contribution in [0.3, 0.4) is 0 Å². The Balaban J connectivity index is 0.00000289. The molecular formula is C11H14BrClF3NO. The second kappa shape index (κ2) is 7.21. The zero-order chi connectivity index (χ0) is 13.1. The van der Waals surface area contributed by atoms with E-state index in [0.29, 0.717) is 11.3 Å². The van der Waals surface area contributed by atoms with Crippen LogP contribution in [0, 0.1) is 0 Å². The number of hydrogen-bond acceptors (Lipinski definition) is 2. The average Bonchev–Trinajstić information content (AvgIpc) is 2.24. The zero-order valence-electron chi connectivity index (χ0n) is 9.63. The number of nitrogens with two attached hydrogens (primary N) is 1. The van der Waals surface area contributed by atoms with Crippen molar-refractivity contribution in [1.29, 1.82) is 0 Å². The first-order chi connectivity index (χ1) is 7.83. The highest BCUT2D eigenvalue weighted by Crippen LogP contribution is 2.32. The number of halogens is 5. The first-order valence-electron chi connectivity index (χ1n) is 4.99. The van der Waals surface area contributed by atoms with Crippen LogP contribution in [0.25, 0.3) is 0 Å². The van der Waals surface area contributed by atoms with Crippen LogP contribution in [0.4, 0.5) is 13.2 Å². The maximum atomic E-state index is 12.1. The van der Waals surface area contributed by atoms with Crippen LogP contribution in [0.1, 0.15) is 24.4 Å². The molecule has 0 aliphatic heterocycles. The van der Waals surface area contributed by atoms with Gasteiger partial charge >= 0.3 is 6.18 Å².